The molecule has 5 aromatic rings. The molecule has 5 rings (SSSR count). The second kappa shape index (κ2) is 11.5. The van der Waals surface area contributed by atoms with Gasteiger partial charge in [0.1, 0.15) is 11.6 Å². The smallest absolute Gasteiger partial charge is 0.323 e. The molecule has 3 aromatic carbocycles. The van der Waals surface area contributed by atoms with Crippen LogP contribution in [-0.4, -0.2) is 32.4 Å². The van der Waals surface area contributed by atoms with E-state index in [-0.39, 0.29) is 11.8 Å². The molecule has 0 bridgehead atoms. The number of aromatic nitrogens is 3. The summed E-state index contributed by atoms with van der Waals surface area (Å²) in [7, 11) is 0.532. The van der Waals surface area contributed by atoms with E-state index < -0.39 is 0 Å². The molecule has 1 atom stereocenters. The highest BCUT2D eigenvalue weighted by Crippen LogP contribution is 2.30. The van der Waals surface area contributed by atoms with Crippen molar-refractivity contribution in [1.29, 1.82) is 0 Å². The number of phenols is 1. The average molecular weight is 539 g/mol. The number of aromatic hydroxyl groups is 1. The van der Waals surface area contributed by atoms with Gasteiger partial charge in [0, 0.05) is 34.9 Å². The van der Waals surface area contributed by atoms with E-state index in [1.165, 1.54) is 0 Å². The molecule has 0 radical (unpaired) electrons. The van der Waals surface area contributed by atoms with Gasteiger partial charge in [-0.05, 0) is 67.0 Å². The van der Waals surface area contributed by atoms with E-state index in [1.807, 2.05) is 73.8 Å². The molecule has 0 spiro atoms. The van der Waals surface area contributed by atoms with Crippen molar-refractivity contribution < 1.29 is 9.90 Å². The van der Waals surface area contributed by atoms with Gasteiger partial charge in [-0.1, -0.05) is 51.9 Å². The number of hydrogen-bond donors (Lipinski definition) is 4. The van der Waals surface area contributed by atoms with Crippen LogP contribution in [-0.2, 0) is 13.0 Å². The van der Waals surface area contributed by atoms with Crippen LogP contribution < -0.4 is 21.3 Å². The number of aryl methyl sites for hydroxylation is 2. The predicted molar refractivity (Wildman–Crippen MR) is 161 cm³/mol. The molecular weight excluding hydrogens is 507 g/mol. The fraction of sp³-hybridized carbons (Fsp3) is 0.167. The zero-order chi connectivity index (χ0) is 27.4. The van der Waals surface area contributed by atoms with E-state index >= 15 is 0 Å². The zero-order valence-corrected chi connectivity index (χ0v) is 23.1. The van der Waals surface area contributed by atoms with Gasteiger partial charge in [0.25, 0.3) is 0 Å². The van der Waals surface area contributed by atoms with Crippen LogP contribution in [0.1, 0.15) is 23.6 Å². The third-order valence-electron chi connectivity index (χ3n) is 6.47. The third kappa shape index (κ3) is 5.86. The van der Waals surface area contributed by atoms with Gasteiger partial charge in [0.15, 0.2) is 5.65 Å². The van der Waals surface area contributed by atoms with Crippen molar-refractivity contribution in [2.45, 2.75) is 26.8 Å². The Bertz CT molecular complexity index is 1650. The highest BCUT2D eigenvalue weighted by molar-refractivity contribution is 7.46. The summed E-state index contributed by atoms with van der Waals surface area (Å²) in [5.41, 5.74) is 6.76. The number of rotatable bonds is 8. The highest BCUT2D eigenvalue weighted by Gasteiger charge is 2.14. The third-order valence-corrected chi connectivity index (χ3v) is 7.37. The minimum absolute atomic E-state index is 0.175. The summed E-state index contributed by atoms with van der Waals surface area (Å²) in [6.07, 6.45) is 2.67. The molecular formula is C30H31N6O2P. The molecule has 8 nitrogen and oxygen atoms in total. The number of anilines is 3. The van der Waals surface area contributed by atoms with Crippen molar-refractivity contribution in [3.05, 3.63) is 95.7 Å². The molecule has 0 aliphatic rings. The summed E-state index contributed by atoms with van der Waals surface area (Å²) in [6, 6.07) is 22.6. The van der Waals surface area contributed by atoms with Crippen LogP contribution in [0.5, 0.6) is 5.75 Å². The number of para-hydroxylation sites is 1. The number of hydrogen-bond acceptors (Lipinski definition) is 5. The lowest BCUT2D eigenvalue weighted by Crippen LogP contribution is -2.20. The minimum atomic E-state index is -0.284. The van der Waals surface area contributed by atoms with Crippen LogP contribution in [0.25, 0.3) is 16.9 Å². The molecule has 0 aliphatic carbocycles. The monoisotopic (exact) mass is 538 g/mol. The minimum Gasteiger partial charge on any atom is -0.507 e. The Kier molecular flexibility index (Phi) is 7.75. The lowest BCUT2D eigenvalue weighted by molar-refractivity contribution is 0.262. The summed E-state index contributed by atoms with van der Waals surface area (Å²) in [5, 5.41) is 25.4. The van der Waals surface area contributed by atoms with Crippen LogP contribution in [0.2, 0.25) is 0 Å². The van der Waals surface area contributed by atoms with Crippen LogP contribution in [0.15, 0.2) is 79.0 Å². The number of amides is 2. The van der Waals surface area contributed by atoms with Crippen LogP contribution >= 0.6 is 8.58 Å². The van der Waals surface area contributed by atoms with Crippen molar-refractivity contribution in [2.24, 2.45) is 0 Å². The lowest BCUT2D eigenvalue weighted by atomic mass is 10.1. The van der Waals surface area contributed by atoms with Crippen LogP contribution in [0, 0.1) is 6.92 Å². The summed E-state index contributed by atoms with van der Waals surface area (Å²) in [6.45, 7) is 6.67. The summed E-state index contributed by atoms with van der Waals surface area (Å²) in [5.74, 6) is 0.930. The fourth-order valence-electron chi connectivity index (χ4n) is 4.44. The van der Waals surface area contributed by atoms with Gasteiger partial charge in [-0.25, -0.2) is 9.78 Å². The Balaban J connectivity index is 1.35. The van der Waals surface area contributed by atoms with E-state index in [2.05, 4.69) is 34.6 Å². The first-order chi connectivity index (χ1) is 18.9. The van der Waals surface area contributed by atoms with Gasteiger partial charge in [0.05, 0.1) is 11.9 Å². The number of carbonyl (C=O) groups is 1. The van der Waals surface area contributed by atoms with Gasteiger partial charge in [0.2, 0.25) is 0 Å². The van der Waals surface area contributed by atoms with Crippen molar-refractivity contribution in [3.8, 4) is 17.0 Å². The first kappa shape index (κ1) is 26.2. The Morgan fingerprint density at radius 2 is 1.87 bits per heavy atom. The second-order valence-corrected chi connectivity index (χ2v) is 10.3. The SMILES string of the molecule is CCc1ccc(C)cc1NC(=O)Nc1cccc(CNc2cc(-c3ccccc3O)nc3c(PC)cnn23)c1. The van der Waals surface area contributed by atoms with Gasteiger partial charge < -0.3 is 21.1 Å². The average Bonchev–Trinajstić information content (AvgIpc) is 3.35. The maximum atomic E-state index is 12.8. The second-order valence-electron chi connectivity index (χ2n) is 9.23. The maximum Gasteiger partial charge on any atom is 0.323 e. The Hall–Kier alpha value is -4.42. The Morgan fingerprint density at radius 3 is 2.67 bits per heavy atom. The van der Waals surface area contributed by atoms with Crippen molar-refractivity contribution in [2.75, 3.05) is 22.6 Å². The number of nitrogens with one attached hydrogen (secondary N) is 3. The number of carbonyl (C=O) groups excluding carboxylic acids is 1. The first-order valence-corrected chi connectivity index (χ1v) is 14.3. The van der Waals surface area contributed by atoms with E-state index in [9.17, 15) is 9.90 Å². The van der Waals surface area contributed by atoms with E-state index in [4.69, 9.17) is 4.98 Å². The standard InChI is InChI=1S/C30H31N6O2P/c1-4-21-13-12-19(2)14-24(21)35-30(38)33-22-9-7-8-20(15-22)17-31-28-16-25(23-10-5-6-11-26(23)37)34-29-27(39-3)18-32-36(28)29/h5-16,18,31,37,39H,4,17H2,1-3H3,(H2,33,35,38). The van der Waals surface area contributed by atoms with Crippen LogP contribution in [0.4, 0.5) is 22.0 Å². The molecule has 198 valence electrons. The quantitative estimate of drug-likeness (QED) is 0.177. The molecule has 0 saturated carbocycles. The molecule has 0 fully saturated rings. The van der Waals surface area contributed by atoms with Gasteiger partial charge in [-0.15, -0.1) is 0 Å². The summed E-state index contributed by atoms with van der Waals surface area (Å²) >= 11 is 0. The van der Waals surface area contributed by atoms with E-state index in [0.717, 1.165) is 45.6 Å². The maximum absolute atomic E-state index is 12.8. The van der Waals surface area contributed by atoms with Gasteiger partial charge in [-0.3, -0.25) is 0 Å². The fourth-order valence-corrected chi connectivity index (χ4v) is 5.02. The number of nitrogens with zero attached hydrogens (tertiary/aromatic N) is 3. The Labute approximate surface area is 229 Å². The van der Waals surface area contributed by atoms with Gasteiger partial charge >= 0.3 is 6.03 Å². The molecule has 0 saturated heterocycles. The van der Waals surface area contributed by atoms with E-state index in [1.54, 1.807) is 16.6 Å². The lowest BCUT2D eigenvalue weighted by Gasteiger charge is -2.14. The molecule has 2 heterocycles. The number of fused-ring (bicyclic) bond motifs is 1. The normalized spacial score (nSPS) is 11.3. The van der Waals surface area contributed by atoms with E-state index in [0.29, 0.717) is 32.1 Å². The van der Waals surface area contributed by atoms with Crippen molar-refractivity contribution in [3.63, 3.8) is 0 Å². The number of benzene rings is 3. The molecule has 2 aromatic heterocycles. The largest absolute Gasteiger partial charge is 0.507 e. The topological polar surface area (TPSA) is 104 Å². The zero-order valence-electron chi connectivity index (χ0n) is 22.1. The Morgan fingerprint density at radius 1 is 1.03 bits per heavy atom. The highest BCUT2D eigenvalue weighted by atomic mass is 31.1. The molecule has 39 heavy (non-hydrogen) atoms. The molecule has 4 N–H and O–H groups in total. The predicted octanol–water partition coefficient (Wildman–Crippen LogP) is 6.16. The summed E-state index contributed by atoms with van der Waals surface area (Å²) in [4.78, 5) is 17.6. The molecule has 1 unspecified atom stereocenters. The number of urea groups is 1. The van der Waals surface area contributed by atoms with Gasteiger partial charge in [-0.2, -0.15) is 9.61 Å². The molecule has 2 amide bonds. The van der Waals surface area contributed by atoms with Crippen molar-refractivity contribution >= 4 is 42.8 Å². The van der Waals surface area contributed by atoms with Crippen LogP contribution in [0.3, 0.4) is 0 Å². The first-order valence-electron chi connectivity index (χ1n) is 12.8. The molecule has 0 aliphatic heterocycles. The number of phenolic OH excluding ortho intramolecular Hbond substituents is 1. The molecule has 9 heteroatoms. The summed E-state index contributed by atoms with van der Waals surface area (Å²) < 4.78 is 1.79. The van der Waals surface area contributed by atoms with Crippen molar-refractivity contribution in [1.82, 2.24) is 14.6 Å².